The van der Waals surface area contributed by atoms with Crippen LogP contribution in [0.2, 0.25) is 0 Å². The predicted octanol–water partition coefficient (Wildman–Crippen LogP) is 4.34. The molecule has 3 atom stereocenters. The van der Waals surface area contributed by atoms with E-state index in [9.17, 15) is 24.2 Å². The van der Waals surface area contributed by atoms with E-state index >= 15 is 0 Å². The molecular weight excluding hydrogens is 519 g/mol. The number of carbonyl (C=O) groups is 2. The summed E-state index contributed by atoms with van der Waals surface area (Å²) >= 11 is 1.81. The summed E-state index contributed by atoms with van der Waals surface area (Å²) in [5, 5.41) is 24.3. The number of thiophene rings is 1. The fourth-order valence-corrected chi connectivity index (χ4v) is 5.05. The monoisotopic (exact) mass is 558 g/mol. The molecule has 39 heavy (non-hydrogen) atoms. The Balaban J connectivity index is 0.000000276. The zero-order valence-corrected chi connectivity index (χ0v) is 23.6. The highest BCUT2D eigenvalue weighted by Gasteiger charge is 2.35. The molecule has 1 aromatic carbocycles. The number of aldehydes is 1. The van der Waals surface area contributed by atoms with Crippen molar-refractivity contribution in [3.8, 4) is 5.75 Å². The van der Waals surface area contributed by atoms with Gasteiger partial charge in [0.25, 0.3) is 5.91 Å². The zero-order chi connectivity index (χ0) is 28.8. The molecule has 1 amide bonds. The molecule has 3 rings (SSSR count). The Labute approximate surface area is 234 Å². The number of amides is 1. The number of nitrogens with one attached hydrogen (secondary N) is 1. The van der Waals surface area contributed by atoms with Gasteiger partial charge in [-0.2, -0.15) is 0 Å². The minimum absolute atomic E-state index is 0.115. The Morgan fingerprint density at radius 2 is 2.08 bits per heavy atom. The molecule has 2 aromatic rings. The summed E-state index contributed by atoms with van der Waals surface area (Å²) in [6.07, 6.45) is 2.89. The van der Waals surface area contributed by atoms with Gasteiger partial charge >= 0.3 is 0 Å². The third-order valence-corrected chi connectivity index (χ3v) is 7.12. The number of carbonyl (C=O) groups excluding carboxylic acids is 2. The second-order valence-electron chi connectivity index (χ2n) is 9.01. The molecule has 1 aliphatic rings. The van der Waals surface area contributed by atoms with Crippen LogP contribution in [0.25, 0.3) is 0 Å². The van der Waals surface area contributed by atoms with Gasteiger partial charge in [-0.15, -0.1) is 11.3 Å². The van der Waals surface area contributed by atoms with Crippen LogP contribution >= 0.6 is 11.3 Å². The molecule has 7 nitrogen and oxygen atoms in total. The number of hydrogen-bond acceptors (Lipinski definition) is 7. The van der Waals surface area contributed by atoms with Crippen molar-refractivity contribution in [2.45, 2.75) is 57.9 Å². The van der Waals surface area contributed by atoms with Gasteiger partial charge in [-0.1, -0.05) is 36.9 Å². The van der Waals surface area contributed by atoms with Gasteiger partial charge in [0.1, 0.15) is 17.7 Å². The second-order valence-corrected chi connectivity index (χ2v) is 10.0. The van der Waals surface area contributed by atoms with Gasteiger partial charge in [0.05, 0.1) is 12.6 Å². The summed E-state index contributed by atoms with van der Waals surface area (Å²) in [4.78, 5) is 25.2. The van der Waals surface area contributed by atoms with E-state index in [1.807, 2.05) is 37.4 Å². The van der Waals surface area contributed by atoms with E-state index in [1.165, 1.54) is 39.1 Å². The molecule has 2 heterocycles. The van der Waals surface area contributed by atoms with Crippen molar-refractivity contribution < 1.29 is 28.9 Å². The Hall–Kier alpha value is -3.11. The van der Waals surface area contributed by atoms with Crippen molar-refractivity contribution in [3.63, 3.8) is 0 Å². The Morgan fingerprint density at radius 3 is 2.74 bits per heavy atom. The van der Waals surface area contributed by atoms with Crippen LogP contribution in [0.3, 0.4) is 0 Å². The van der Waals surface area contributed by atoms with Gasteiger partial charge in [-0.05, 0) is 74.0 Å². The molecular formula is C30H39FN2O5S. The number of para-hydroxylation sites is 1. The van der Waals surface area contributed by atoms with Gasteiger partial charge in [-0.25, -0.2) is 4.39 Å². The third-order valence-electron chi connectivity index (χ3n) is 6.14. The van der Waals surface area contributed by atoms with Crippen molar-refractivity contribution in [2.75, 3.05) is 20.2 Å². The van der Waals surface area contributed by atoms with Crippen molar-refractivity contribution in [1.29, 1.82) is 0 Å². The molecule has 1 saturated heterocycles. The molecule has 3 unspecified atom stereocenters. The van der Waals surface area contributed by atoms with Crippen LogP contribution < -0.4 is 10.1 Å². The van der Waals surface area contributed by atoms with E-state index in [4.69, 9.17) is 4.74 Å². The second kappa shape index (κ2) is 16.8. The molecule has 1 fully saturated rings. The van der Waals surface area contributed by atoms with Gasteiger partial charge in [0, 0.05) is 24.4 Å². The van der Waals surface area contributed by atoms with Crippen molar-refractivity contribution in [3.05, 3.63) is 87.9 Å². The summed E-state index contributed by atoms with van der Waals surface area (Å²) in [7, 11) is 1.98. The summed E-state index contributed by atoms with van der Waals surface area (Å²) in [6.45, 7) is 9.44. The fourth-order valence-electron chi connectivity index (χ4n) is 4.15. The molecule has 0 radical (unpaired) electrons. The molecule has 1 aromatic heterocycles. The van der Waals surface area contributed by atoms with Crippen LogP contribution in [0, 0.1) is 0 Å². The number of rotatable bonds is 12. The van der Waals surface area contributed by atoms with E-state index in [1.54, 1.807) is 6.92 Å². The Kier molecular flexibility index (Phi) is 13.8. The molecule has 0 spiro atoms. The van der Waals surface area contributed by atoms with Crippen LogP contribution in [0.5, 0.6) is 5.75 Å². The molecule has 0 bridgehead atoms. The Bertz CT molecular complexity index is 1150. The highest BCUT2D eigenvalue weighted by molar-refractivity contribution is 7.10. The number of halogens is 1. The highest BCUT2D eigenvalue weighted by Crippen LogP contribution is 2.26. The van der Waals surface area contributed by atoms with Gasteiger partial charge < -0.3 is 30.0 Å². The minimum atomic E-state index is -1.79. The Morgan fingerprint density at radius 1 is 1.33 bits per heavy atom. The van der Waals surface area contributed by atoms with Crippen LogP contribution in [0.15, 0.2) is 71.9 Å². The van der Waals surface area contributed by atoms with Crippen molar-refractivity contribution in [2.24, 2.45) is 0 Å². The number of ether oxygens (including phenoxy) is 1. The lowest BCUT2D eigenvalue weighted by atomic mass is 10.0. The largest absolute Gasteiger partial charge is 0.494 e. The SMILES string of the molecule is C=C(/C=C\C(F)=C/C)C1CCCN1C(=O)C(O)C(O)C=O.CCOc1ccccc1Cc1csc(CNC)c1. The summed E-state index contributed by atoms with van der Waals surface area (Å²) < 4.78 is 18.7. The quantitative estimate of drug-likeness (QED) is 0.265. The first-order chi connectivity index (χ1) is 18.7. The first-order valence-corrected chi connectivity index (χ1v) is 13.9. The first-order valence-electron chi connectivity index (χ1n) is 13.0. The topological polar surface area (TPSA) is 99.1 Å². The lowest BCUT2D eigenvalue weighted by Gasteiger charge is -2.28. The average molecular weight is 559 g/mol. The number of likely N-dealkylation sites (tertiary alicyclic amines) is 1. The smallest absolute Gasteiger partial charge is 0.255 e. The number of nitrogens with zero attached hydrogens (tertiary/aromatic N) is 1. The maximum Gasteiger partial charge on any atom is 0.255 e. The minimum Gasteiger partial charge on any atom is -0.494 e. The summed E-state index contributed by atoms with van der Waals surface area (Å²) in [6, 6.07) is 10.2. The van der Waals surface area contributed by atoms with Crippen molar-refractivity contribution in [1.82, 2.24) is 10.2 Å². The average Bonchev–Trinajstić information content (AvgIpc) is 3.62. The fraction of sp³-hybridized carbons (Fsp3) is 0.400. The maximum atomic E-state index is 13.1. The number of hydrogen-bond donors (Lipinski definition) is 3. The number of aliphatic hydroxyl groups is 2. The molecule has 1 aliphatic heterocycles. The summed E-state index contributed by atoms with van der Waals surface area (Å²) in [5.74, 6) is -0.136. The number of allylic oxidation sites excluding steroid dienone is 3. The molecule has 9 heteroatoms. The van der Waals surface area contributed by atoms with Crippen LogP contribution in [0.1, 0.15) is 42.7 Å². The van der Waals surface area contributed by atoms with Gasteiger partial charge in [0.2, 0.25) is 0 Å². The van der Waals surface area contributed by atoms with E-state index in [0.29, 0.717) is 31.6 Å². The lowest BCUT2D eigenvalue weighted by molar-refractivity contribution is -0.148. The van der Waals surface area contributed by atoms with Crippen molar-refractivity contribution >= 4 is 23.5 Å². The molecule has 0 saturated carbocycles. The van der Waals surface area contributed by atoms with Gasteiger partial charge in [-0.3, -0.25) is 4.79 Å². The zero-order valence-electron chi connectivity index (χ0n) is 22.8. The predicted molar refractivity (Wildman–Crippen MR) is 153 cm³/mol. The van der Waals surface area contributed by atoms with E-state index in [-0.39, 0.29) is 12.3 Å². The standard InChI is InChI=1S/C15H20FNO4.C15H19NOS/c1-3-11(16)7-6-10(2)12-5-4-8-17(12)15(21)14(20)13(19)9-18;1-3-17-15-7-5-4-6-13(15)8-12-9-14(10-16-2)18-11-12/h3,6-7,9,12-14,19-20H,2,4-5,8H2,1H3;4-7,9,11,16H,3,8,10H2,1-2H3/b7-6-,11-3+;. The third kappa shape index (κ3) is 9.85. The molecule has 3 N–H and O–H groups in total. The maximum absolute atomic E-state index is 13.1. The number of benzene rings is 1. The molecule has 212 valence electrons. The highest BCUT2D eigenvalue weighted by atomic mass is 32.1. The normalized spacial score (nSPS) is 16.9. The van der Waals surface area contributed by atoms with E-state index in [2.05, 4.69) is 35.5 Å². The number of aliphatic hydroxyl groups excluding tert-OH is 2. The lowest BCUT2D eigenvalue weighted by Crippen LogP contribution is -2.47. The van der Waals surface area contributed by atoms with Gasteiger partial charge in [0.15, 0.2) is 12.4 Å². The van der Waals surface area contributed by atoms with E-state index < -0.39 is 23.9 Å². The van der Waals surface area contributed by atoms with E-state index in [0.717, 1.165) is 18.7 Å². The first kappa shape index (κ1) is 32.1. The summed E-state index contributed by atoms with van der Waals surface area (Å²) in [5.41, 5.74) is 3.15. The van der Waals surface area contributed by atoms with Crippen LogP contribution in [0.4, 0.5) is 4.39 Å². The van der Waals surface area contributed by atoms with Crippen LogP contribution in [-0.4, -0.2) is 65.8 Å². The molecule has 0 aliphatic carbocycles. The van der Waals surface area contributed by atoms with Crippen LogP contribution in [-0.2, 0) is 22.6 Å².